The van der Waals surface area contributed by atoms with E-state index in [9.17, 15) is 8.78 Å². The molecule has 22 heavy (non-hydrogen) atoms. The van der Waals surface area contributed by atoms with E-state index in [1.54, 1.807) is 18.2 Å². The van der Waals surface area contributed by atoms with Gasteiger partial charge in [-0.3, -0.25) is 0 Å². The van der Waals surface area contributed by atoms with Gasteiger partial charge in [-0.25, -0.2) is 13.8 Å². The highest BCUT2D eigenvalue weighted by molar-refractivity contribution is 5.79. The summed E-state index contributed by atoms with van der Waals surface area (Å²) in [5.74, 6) is 1.20. The Balaban J connectivity index is 2.58. The number of ether oxygens (including phenoxy) is 1. The standard InChI is InChI=1S/C16H25F2N3O/c1-3-5-9-20-16(19-4-2)21-11-13-7-6-8-14(10-13)22-12-15(17)18/h6-8,10,15H,3-5,9,11-12H2,1-2H3,(H2,19,20,21). The van der Waals surface area contributed by atoms with E-state index in [0.717, 1.165) is 37.5 Å². The third kappa shape index (κ3) is 7.81. The molecular weight excluding hydrogens is 288 g/mol. The quantitative estimate of drug-likeness (QED) is 0.418. The summed E-state index contributed by atoms with van der Waals surface area (Å²) in [4.78, 5) is 4.48. The van der Waals surface area contributed by atoms with Gasteiger partial charge in [0.25, 0.3) is 6.43 Å². The number of halogens is 2. The van der Waals surface area contributed by atoms with Gasteiger partial charge in [-0.15, -0.1) is 0 Å². The van der Waals surface area contributed by atoms with Crippen LogP contribution in [0.15, 0.2) is 29.3 Å². The fourth-order valence-electron chi connectivity index (χ4n) is 1.79. The van der Waals surface area contributed by atoms with Crippen molar-refractivity contribution in [1.82, 2.24) is 10.6 Å². The summed E-state index contributed by atoms with van der Waals surface area (Å²) >= 11 is 0. The Morgan fingerprint density at radius 3 is 2.77 bits per heavy atom. The lowest BCUT2D eigenvalue weighted by Gasteiger charge is -2.11. The lowest BCUT2D eigenvalue weighted by atomic mass is 10.2. The number of nitrogens with one attached hydrogen (secondary N) is 2. The molecule has 124 valence electrons. The molecule has 0 fully saturated rings. The molecule has 0 atom stereocenters. The van der Waals surface area contributed by atoms with Gasteiger partial charge in [-0.1, -0.05) is 25.5 Å². The zero-order valence-electron chi connectivity index (χ0n) is 13.2. The molecule has 0 saturated carbocycles. The first-order chi connectivity index (χ1) is 10.7. The number of hydrogen-bond acceptors (Lipinski definition) is 2. The Kier molecular flexibility index (Phi) is 8.95. The van der Waals surface area contributed by atoms with Crippen molar-refractivity contribution in [3.05, 3.63) is 29.8 Å². The van der Waals surface area contributed by atoms with Crippen LogP contribution >= 0.6 is 0 Å². The van der Waals surface area contributed by atoms with Gasteiger partial charge in [0, 0.05) is 13.1 Å². The largest absolute Gasteiger partial charge is 0.488 e. The van der Waals surface area contributed by atoms with Crippen molar-refractivity contribution in [3.8, 4) is 5.75 Å². The van der Waals surface area contributed by atoms with E-state index in [2.05, 4.69) is 22.5 Å². The molecule has 0 aliphatic rings. The van der Waals surface area contributed by atoms with Crippen molar-refractivity contribution < 1.29 is 13.5 Å². The van der Waals surface area contributed by atoms with Crippen molar-refractivity contribution in [1.29, 1.82) is 0 Å². The number of aliphatic imine (C=N–C) groups is 1. The predicted molar refractivity (Wildman–Crippen MR) is 85.7 cm³/mol. The van der Waals surface area contributed by atoms with Gasteiger partial charge in [0.05, 0.1) is 6.54 Å². The summed E-state index contributed by atoms with van der Waals surface area (Å²) in [6.07, 6.45) is -0.262. The second-order valence-corrected chi connectivity index (χ2v) is 4.82. The van der Waals surface area contributed by atoms with Gasteiger partial charge in [-0.2, -0.15) is 0 Å². The number of rotatable bonds is 9. The SMILES string of the molecule is CCCCNC(=NCc1cccc(OCC(F)F)c1)NCC. The highest BCUT2D eigenvalue weighted by Gasteiger charge is 2.04. The van der Waals surface area contributed by atoms with Crippen LogP contribution in [0.3, 0.4) is 0 Å². The second-order valence-electron chi connectivity index (χ2n) is 4.82. The van der Waals surface area contributed by atoms with Gasteiger partial charge in [0.15, 0.2) is 5.96 Å². The molecule has 1 aromatic rings. The van der Waals surface area contributed by atoms with E-state index < -0.39 is 13.0 Å². The summed E-state index contributed by atoms with van der Waals surface area (Å²) in [5.41, 5.74) is 0.916. The summed E-state index contributed by atoms with van der Waals surface area (Å²) in [6.45, 7) is 5.68. The lowest BCUT2D eigenvalue weighted by molar-refractivity contribution is 0.0818. The van der Waals surface area contributed by atoms with Crippen molar-refractivity contribution in [2.75, 3.05) is 19.7 Å². The average Bonchev–Trinajstić information content (AvgIpc) is 2.51. The van der Waals surface area contributed by atoms with Crippen LogP contribution in [0.1, 0.15) is 32.3 Å². The Morgan fingerprint density at radius 1 is 1.27 bits per heavy atom. The van der Waals surface area contributed by atoms with Crippen LogP contribution in [0.25, 0.3) is 0 Å². The van der Waals surface area contributed by atoms with Crippen LogP contribution in [0.2, 0.25) is 0 Å². The molecule has 0 aromatic heterocycles. The monoisotopic (exact) mass is 313 g/mol. The zero-order valence-corrected chi connectivity index (χ0v) is 13.2. The number of guanidine groups is 1. The first kappa shape index (κ1) is 18.2. The average molecular weight is 313 g/mol. The number of unbranched alkanes of at least 4 members (excludes halogenated alkanes) is 1. The first-order valence-electron chi connectivity index (χ1n) is 7.67. The highest BCUT2D eigenvalue weighted by Crippen LogP contribution is 2.14. The fourth-order valence-corrected chi connectivity index (χ4v) is 1.79. The van der Waals surface area contributed by atoms with E-state index in [1.807, 2.05) is 13.0 Å². The van der Waals surface area contributed by atoms with Gasteiger partial charge in [0.1, 0.15) is 12.4 Å². The molecule has 0 bridgehead atoms. The van der Waals surface area contributed by atoms with Gasteiger partial charge in [-0.05, 0) is 31.0 Å². The molecule has 1 aromatic carbocycles. The third-order valence-electron chi connectivity index (χ3n) is 2.86. The van der Waals surface area contributed by atoms with Crippen LogP contribution in [-0.2, 0) is 6.54 Å². The van der Waals surface area contributed by atoms with Crippen molar-refractivity contribution in [3.63, 3.8) is 0 Å². The smallest absolute Gasteiger partial charge is 0.272 e. The highest BCUT2D eigenvalue weighted by atomic mass is 19.3. The summed E-state index contributed by atoms with van der Waals surface area (Å²) in [5, 5.41) is 6.43. The molecule has 0 aliphatic carbocycles. The molecule has 0 saturated heterocycles. The van der Waals surface area contributed by atoms with Crippen LogP contribution < -0.4 is 15.4 Å². The molecule has 0 heterocycles. The number of hydrogen-bond donors (Lipinski definition) is 2. The Bertz CT molecular complexity index is 453. The summed E-state index contributed by atoms with van der Waals surface area (Å²) in [7, 11) is 0. The molecular formula is C16H25F2N3O. The maximum atomic E-state index is 12.1. The van der Waals surface area contributed by atoms with Crippen molar-refractivity contribution in [2.24, 2.45) is 4.99 Å². The molecule has 0 unspecified atom stereocenters. The minimum absolute atomic E-state index is 0.442. The molecule has 0 amide bonds. The van der Waals surface area contributed by atoms with Crippen LogP contribution in [0.5, 0.6) is 5.75 Å². The van der Waals surface area contributed by atoms with E-state index >= 15 is 0 Å². The molecule has 0 spiro atoms. The normalized spacial score (nSPS) is 11.6. The number of benzene rings is 1. The third-order valence-corrected chi connectivity index (χ3v) is 2.86. The van der Waals surface area contributed by atoms with Crippen LogP contribution in [0.4, 0.5) is 8.78 Å². The van der Waals surface area contributed by atoms with E-state index in [1.165, 1.54) is 0 Å². The Hall–Kier alpha value is -1.85. The summed E-state index contributed by atoms with van der Waals surface area (Å²) < 4.78 is 29.3. The van der Waals surface area contributed by atoms with Crippen LogP contribution in [-0.4, -0.2) is 32.1 Å². The van der Waals surface area contributed by atoms with Crippen molar-refractivity contribution >= 4 is 5.96 Å². The van der Waals surface area contributed by atoms with Crippen molar-refractivity contribution in [2.45, 2.75) is 39.7 Å². The first-order valence-corrected chi connectivity index (χ1v) is 7.67. The molecule has 1 rings (SSSR count). The predicted octanol–water partition coefficient (Wildman–Crippen LogP) is 3.19. The molecule has 2 N–H and O–H groups in total. The molecule has 0 radical (unpaired) electrons. The maximum Gasteiger partial charge on any atom is 0.272 e. The second kappa shape index (κ2) is 10.8. The molecule has 0 aliphatic heterocycles. The molecule has 6 heteroatoms. The fraction of sp³-hybridized carbons (Fsp3) is 0.562. The van der Waals surface area contributed by atoms with E-state index in [0.29, 0.717) is 12.3 Å². The topological polar surface area (TPSA) is 45.7 Å². The van der Waals surface area contributed by atoms with E-state index in [4.69, 9.17) is 4.74 Å². The van der Waals surface area contributed by atoms with Gasteiger partial charge in [0.2, 0.25) is 0 Å². The van der Waals surface area contributed by atoms with Crippen LogP contribution in [0, 0.1) is 0 Å². The molecule has 4 nitrogen and oxygen atoms in total. The lowest BCUT2D eigenvalue weighted by Crippen LogP contribution is -2.37. The Labute approximate surface area is 131 Å². The minimum Gasteiger partial charge on any atom is -0.488 e. The maximum absolute atomic E-state index is 12.1. The summed E-state index contributed by atoms with van der Waals surface area (Å²) in [6, 6.07) is 7.08. The Morgan fingerprint density at radius 2 is 2.09 bits per heavy atom. The van der Waals surface area contributed by atoms with Gasteiger partial charge < -0.3 is 15.4 Å². The van der Waals surface area contributed by atoms with Gasteiger partial charge >= 0.3 is 0 Å². The minimum atomic E-state index is -2.47. The number of nitrogens with zero attached hydrogens (tertiary/aromatic N) is 1. The zero-order chi connectivity index (χ0) is 16.2. The number of alkyl halides is 2. The van der Waals surface area contributed by atoms with E-state index in [-0.39, 0.29) is 0 Å².